The molecule has 0 bridgehead atoms. The second kappa shape index (κ2) is 9.80. The molecular formula is C19H15ClF2KN3O5. The molecule has 158 valence electrons. The van der Waals surface area contributed by atoms with Crippen molar-refractivity contribution in [2.24, 2.45) is 0 Å². The molecule has 8 nitrogen and oxygen atoms in total. The smallest absolute Gasteiger partial charge is 0.545 e. The largest absolute Gasteiger partial charge is 1.00 e. The first kappa shape index (κ1) is 25.5. The number of rotatable bonds is 7. The van der Waals surface area contributed by atoms with Gasteiger partial charge in [0.1, 0.15) is 22.3 Å². The number of carbonyl (C=O) groups is 2. The number of nitrogens with zero attached hydrogens (tertiary/aromatic N) is 2. The summed E-state index contributed by atoms with van der Waals surface area (Å²) in [6, 6.07) is 5.57. The number of halogens is 3. The summed E-state index contributed by atoms with van der Waals surface area (Å²) < 4.78 is 35.6. The number of anilines is 1. The van der Waals surface area contributed by atoms with Gasteiger partial charge >= 0.3 is 57.3 Å². The molecule has 12 heteroatoms. The molecule has 2 heterocycles. The predicted molar refractivity (Wildman–Crippen MR) is 100 cm³/mol. The molecule has 0 spiro atoms. The van der Waals surface area contributed by atoms with Crippen molar-refractivity contribution in [3.8, 4) is 17.1 Å². The quantitative estimate of drug-likeness (QED) is 0.347. The number of phenols is 1. The first-order valence-electron chi connectivity index (χ1n) is 8.62. The van der Waals surface area contributed by atoms with E-state index in [0.29, 0.717) is 5.56 Å². The SMILES string of the molecule is CCn1cc(C(=O)C(F)(F)Cc2noc(-c3ccc(O)cc3)c2Cl)c(C(=O)[O-])c1N.[K+]. The first-order chi connectivity index (χ1) is 14.1. The first-order valence-corrected chi connectivity index (χ1v) is 9.00. The number of hydrogen-bond donors (Lipinski definition) is 2. The van der Waals surface area contributed by atoms with Crippen LogP contribution in [0.25, 0.3) is 11.3 Å². The number of nitrogens with two attached hydrogens (primary N) is 1. The van der Waals surface area contributed by atoms with E-state index in [2.05, 4.69) is 5.16 Å². The maximum Gasteiger partial charge on any atom is 1.00 e. The van der Waals surface area contributed by atoms with Crippen LogP contribution in [0.1, 0.15) is 33.3 Å². The Morgan fingerprint density at radius 3 is 2.48 bits per heavy atom. The average molecular weight is 478 g/mol. The van der Waals surface area contributed by atoms with Crippen molar-refractivity contribution in [1.82, 2.24) is 9.72 Å². The maximum atomic E-state index is 14.7. The molecule has 2 aromatic heterocycles. The number of carboxylic acid groups (broad SMARTS) is 1. The average Bonchev–Trinajstić information content (AvgIpc) is 3.21. The molecule has 3 N–H and O–H groups in total. The van der Waals surface area contributed by atoms with Crippen molar-refractivity contribution in [1.29, 1.82) is 0 Å². The van der Waals surface area contributed by atoms with Crippen molar-refractivity contribution in [2.45, 2.75) is 25.8 Å². The number of phenolic OH excluding ortho intramolecular Hbond substituents is 1. The van der Waals surface area contributed by atoms with Crippen LogP contribution in [0.2, 0.25) is 5.02 Å². The molecule has 0 saturated carbocycles. The van der Waals surface area contributed by atoms with E-state index >= 15 is 0 Å². The zero-order valence-corrected chi connectivity index (χ0v) is 20.4. The second-order valence-corrected chi connectivity index (χ2v) is 6.78. The van der Waals surface area contributed by atoms with Crippen molar-refractivity contribution in [3.63, 3.8) is 0 Å². The van der Waals surface area contributed by atoms with Crippen LogP contribution in [0.3, 0.4) is 0 Å². The number of carboxylic acids is 1. The molecular weight excluding hydrogens is 463 g/mol. The van der Waals surface area contributed by atoms with Crippen molar-refractivity contribution in [3.05, 3.63) is 52.3 Å². The van der Waals surface area contributed by atoms with Crippen molar-refractivity contribution < 1.29 is 84.5 Å². The monoisotopic (exact) mass is 477 g/mol. The molecule has 0 fully saturated rings. The van der Waals surface area contributed by atoms with Crippen LogP contribution < -0.4 is 62.2 Å². The number of nitrogen functional groups attached to an aromatic ring is 1. The van der Waals surface area contributed by atoms with Gasteiger partial charge in [-0.25, -0.2) is 0 Å². The standard InChI is InChI=1S/C19H16ClF2N3O5.K/c1-2-25-8-11(13(17(25)23)18(28)29)16(27)19(21,22)7-12-14(20)15(30-24-12)9-3-5-10(26)6-4-9;/h3-6,8,26H,2,7,23H2,1H3,(H,28,29);/q;+1/p-1. The molecule has 0 saturated heterocycles. The van der Waals surface area contributed by atoms with Crippen LogP contribution in [0, 0.1) is 0 Å². The minimum Gasteiger partial charge on any atom is -0.545 e. The Hall–Kier alpha value is -1.76. The number of Topliss-reactive ketones (excluding diaryl/α,β-unsaturated/α-hetero) is 1. The predicted octanol–water partition coefficient (Wildman–Crippen LogP) is -0.468. The summed E-state index contributed by atoms with van der Waals surface area (Å²) >= 11 is 6.10. The van der Waals surface area contributed by atoms with Crippen LogP contribution in [0.4, 0.5) is 14.6 Å². The minimum atomic E-state index is -4.05. The van der Waals surface area contributed by atoms with Gasteiger partial charge in [-0.1, -0.05) is 16.8 Å². The molecule has 0 amide bonds. The summed E-state index contributed by atoms with van der Waals surface area (Å²) in [6.07, 6.45) is -0.279. The van der Waals surface area contributed by atoms with Crippen LogP contribution in [-0.4, -0.2) is 32.5 Å². The number of benzene rings is 1. The van der Waals surface area contributed by atoms with Crippen LogP contribution >= 0.6 is 11.6 Å². The van der Waals surface area contributed by atoms with E-state index in [9.17, 15) is 28.6 Å². The number of hydrogen-bond acceptors (Lipinski definition) is 7. The maximum absolute atomic E-state index is 14.7. The Morgan fingerprint density at radius 1 is 1.32 bits per heavy atom. The number of carbonyl (C=O) groups excluding carboxylic acids is 2. The van der Waals surface area contributed by atoms with Gasteiger partial charge in [0.05, 0.1) is 23.5 Å². The van der Waals surface area contributed by atoms with Crippen molar-refractivity contribution in [2.75, 3.05) is 5.73 Å². The number of aromatic nitrogens is 2. The molecule has 0 unspecified atom stereocenters. The van der Waals surface area contributed by atoms with Gasteiger partial charge in [0, 0.05) is 18.3 Å². The number of aromatic hydroxyl groups is 1. The number of aromatic carboxylic acids is 1. The third-order valence-corrected chi connectivity index (χ3v) is 4.85. The van der Waals surface area contributed by atoms with Gasteiger partial charge in [0.25, 0.3) is 0 Å². The van der Waals surface area contributed by atoms with Crippen molar-refractivity contribution >= 4 is 29.2 Å². The Kier molecular flexibility index (Phi) is 8.06. The van der Waals surface area contributed by atoms with Gasteiger partial charge in [-0.05, 0) is 31.2 Å². The Bertz CT molecular complexity index is 1130. The number of alkyl halides is 2. The molecule has 3 rings (SSSR count). The van der Waals surface area contributed by atoms with Gasteiger partial charge in [0.2, 0.25) is 5.78 Å². The van der Waals surface area contributed by atoms with Crippen LogP contribution in [-0.2, 0) is 13.0 Å². The summed E-state index contributed by atoms with van der Waals surface area (Å²) in [7, 11) is 0. The van der Waals surface area contributed by atoms with Gasteiger partial charge in [-0.3, -0.25) is 4.79 Å². The fraction of sp³-hybridized carbons (Fsp3) is 0.211. The fourth-order valence-electron chi connectivity index (χ4n) is 2.92. The van der Waals surface area contributed by atoms with Gasteiger partial charge in [-0.15, -0.1) is 0 Å². The van der Waals surface area contributed by atoms with Gasteiger partial charge in [-0.2, -0.15) is 8.78 Å². The van der Waals surface area contributed by atoms with Crippen LogP contribution in [0.5, 0.6) is 5.75 Å². The molecule has 3 aromatic rings. The summed E-state index contributed by atoms with van der Waals surface area (Å²) in [4.78, 5) is 23.8. The van der Waals surface area contributed by atoms with E-state index in [1.54, 1.807) is 6.92 Å². The topological polar surface area (TPSA) is 134 Å². The third-order valence-electron chi connectivity index (χ3n) is 4.46. The zero-order chi connectivity index (χ0) is 22.2. The van der Waals surface area contributed by atoms with Gasteiger partial charge < -0.3 is 29.8 Å². The van der Waals surface area contributed by atoms with E-state index in [4.69, 9.17) is 21.9 Å². The summed E-state index contributed by atoms with van der Waals surface area (Å²) in [5.74, 6) is -8.05. The molecule has 1 aromatic carbocycles. The van der Waals surface area contributed by atoms with E-state index < -0.39 is 40.9 Å². The summed E-state index contributed by atoms with van der Waals surface area (Å²) in [6.45, 7) is 1.76. The van der Waals surface area contributed by atoms with Crippen LogP contribution in [0.15, 0.2) is 35.0 Å². The molecule has 0 radical (unpaired) electrons. The Morgan fingerprint density at radius 2 is 1.94 bits per heavy atom. The van der Waals surface area contributed by atoms with E-state index in [1.165, 1.54) is 24.3 Å². The summed E-state index contributed by atoms with van der Waals surface area (Å²) in [5, 5.41) is 23.9. The molecule has 0 atom stereocenters. The fourth-order valence-corrected chi connectivity index (χ4v) is 3.17. The minimum absolute atomic E-state index is 0. The Balaban J connectivity index is 0.00000341. The molecule has 0 aliphatic carbocycles. The van der Waals surface area contributed by atoms with E-state index in [1.807, 2.05) is 0 Å². The third kappa shape index (κ3) is 5.02. The zero-order valence-electron chi connectivity index (χ0n) is 16.5. The molecule has 0 aliphatic rings. The number of ketones is 1. The molecule has 0 aliphatic heterocycles. The second-order valence-electron chi connectivity index (χ2n) is 6.41. The van der Waals surface area contributed by atoms with Gasteiger partial charge in [0.15, 0.2) is 5.76 Å². The summed E-state index contributed by atoms with van der Waals surface area (Å²) in [5.41, 5.74) is 4.05. The van der Waals surface area contributed by atoms with E-state index in [-0.39, 0.29) is 80.3 Å². The molecule has 31 heavy (non-hydrogen) atoms. The normalized spacial score (nSPS) is 11.2. The Labute approximate surface area is 222 Å². The number of aryl methyl sites for hydroxylation is 1. The van der Waals surface area contributed by atoms with E-state index in [0.717, 1.165) is 10.8 Å².